The molecule has 0 saturated carbocycles. The van der Waals surface area contributed by atoms with E-state index in [0.717, 1.165) is 38.3 Å². The van der Waals surface area contributed by atoms with Gasteiger partial charge in [-0.05, 0) is 19.8 Å². The van der Waals surface area contributed by atoms with Crippen LogP contribution >= 0.6 is 0 Å². The van der Waals surface area contributed by atoms with Gasteiger partial charge < -0.3 is 14.2 Å². The highest BCUT2D eigenvalue weighted by molar-refractivity contribution is 5.76. The molecule has 0 aliphatic carbocycles. The number of aromatic nitrogens is 2. The zero-order valence-electron chi connectivity index (χ0n) is 14.7. The number of carbonyl (C=O) groups is 1. The van der Waals surface area contributed by atoms with Gasteiger partial charge in [0.25, 0.3) is 0 Å². The number of nitrogens with zero attached hydrogens (tertiary/aromatic N) is 3. The van der Waals surface area contributed by atoms with E-state index >= 15 is 0 Å². The molecule has 1 atom stereocenters. The summed E-state index contributed by atoms with van der Waals surface area (Å²) in [5.74, 6) is 1.85. The molecule has 0 spiro atoms. The Labute approximate surface area is 148 Å². The number of hydrogen-bond donors (Lipinski definition) is 0. The molecule has 134 valence electrons. The summed E-state index contributed by atoms with van der Waals surface area (Å²) in [5, 5.41) is 4.01. The Morgan fingerprint density at radius 1 is 1.32 bits per heavy atom. The van der Waals surface area contributed by atoms with Crippen molar-refractivity contribution < 1.29 is 14.1 Å². The Hall–Kier alpha value is -2.21. The second kappa shape index (κ2) is 8.76. The van der Waals surface area contributed by atoms with E-state index in [2.05, 4.69) is 10.1 Å². The number of benzene rings is 1. The molecule has 1 fully saturated rings. The monoisotopic (exact) mass is 343 g/mol. The van der Waals surface area contributed by atoms with E-state index < -0.39 is 0 Å². The van der Waals surface area contributed by atoms with E-state index in [4.69, 9.17) is 9.26 Å². The summed E-state index contributed by atoms with van der Waals surface area (Å²) in [7, 11) is 0. The summed E-state index contributed by atoms with van der Waals surface area (Å²) in [5.41, 5.74) is 0.935. The Morgan fingerprint density at radius 3 is 2.88 bits per heavy atom. The minimum Gasteiger partial charge on any atom is -0.381 e. The fraction of sp³-hybridized carbons (Fsp3) is 0.526. The maximum atomic E-state index is 12.4. The molecule has 1 amide bonds. The third kappa shape index (κ3) is 4.89. The maximum Gasteiger partial charge on any atom is 0.226 e. The van der Waals surface area contributed by atoms with Gasteiger partial charge in [-0.25, -0.2) is 0 Å². The Morgan fingerprint density at radius 2 is 2.16 bits per heavy atom. The number of aryl methyl sites for hydroxylation is 1. The normalized spacial score (nSPS) is 16.9. The van der Waals surface area contributed by atoms with E-state index in [-0.39, 0.29) is 5.91 Å². The first-order chi connectivity index (χ1) is 12.3. The van der Waals surface area contributed by atoms with Gasteiger partial charge >= 0.3 is 0 Å². The van der Waals surface area contributed by atoms with Gasteiger partial charge in [-0.15, -0.1) is 0 Å². The lowest BCUT2D eigenvalue weighted by atomic mass is 10.1. The van der Waals surface area contributed by atoms with Gasteiger partial charge in [-0.1, -0.05) is 35.5 Å². The van der Waals surface area contributed by atoms with Crippen LogP contribution in [0.3, 0.4) is 0 Å². The molecule has 1 aromatic carbocycles. The fourth-order valence-corrected chi connectivity index (χ4v) is 3.06. The Bertz CT molecular complexity index is 666. The third-order valence-corrected chi connectivity index (χ3v) is 4.52. The van der Waals surface area contributed by atoms with E-state index in [9.17, 15) is 4.79 Å². The van der Waals surface area contributed by atoms with Crippen LogP contribution < -0.4 is 0 Å². The molecule has 3 rings (SSSR count). The molecule has 2 heterocycles. The van der Waals surface area contributed by atoms with Crippen molar-refractivity contribution in [3.05, 3.63) is 36.2 Å². The molecule has 0 N–H and O–H groups in total. The molecule has 0 unspecified atom stereocenters. The van der Waals surface area contributed by atoms with Gasteiger partial charge in [0.05, 0.1) is 6.61 Å². The van der Waals surface area contributed by atoms with Crippen molar-refractivity contribution in [1.29, 1.82) is 0 Å². The van der Waals surface area contributed by atoms with Crippen molar-refractivity contribution in [2.75, 3.05) is 26.3 Å². The van der Waals surface area contributed by atoms with E-state index in [1.54, 1.807) is 0 Å². The van der Waals surface area contributed by atoms with E-state index in [1.165, 1.54) is 0 Å². The first kappa shape index (κ1) is 17.6. The highest BCUT2D eigenvalue weighted by atomic mass is 16.5. The molecule has 1 aromatic heterocycles. The number of carbonyl (C=O) groups excluding carboxylic acids is 1. The summed E-state index contributed by atoms with van der Waals surface area (Å²) in [6.45, 7) is 5.16. The highest BCUT2D eigenvalue weighted by Crippen LogP contribution is 2.17. The third-order valence-electron chi connectivity index (χ3n) is 4.52. The molecule has 6 heteroatoms. The SMILES string of the molecule is CCN(C[C@@H]1CCOC1)C(=O)CCCc1nc(-c2ccccc2)no1. The van der Waals surface area contributed by atoms with Crippen LogP contribution in [0.5, 0.6) is 0 Å². The average molecular weight is 343 g/mol. The highest BCUT2D eigenvalue weighted by Gasteiger charge is 2.21. The lowest BCUT2D eigenvalue weighted by Crippen LogP contribution is -2.35. The molecular weight excluding hydrogens is 318 g/mol. The summed E-state index contributed by atoms with van der Waals surface area (Å²) in [6, 6.07) is 9.73. The molecule has 1 saturated heterocycles. The standard InChI is InChI=1S/C19H25N3O3/c1-2-22(13-15-11-12-24-14-15)18(23)10-6-9-17-20-19(21-25-17)16-7-4-3-5-8-16/h3-5,7-8,15H,2,6,9-14H2,1H3/t15-/m0/s1. The fourth-order valence-electron chi connectivity index (χ4n) is 3.06. The summed E-state index contributed by atoms with van der Waals surface area (Å²) in [6.07, 6.45) is 2.89. The molecule has 0 bridgehead atoms. The molecule has 25 heavy (non-hydrogen) atoms. The van der Waals surface area contributed by atoms with E-state index in [0.29, 0.717) is 36.9 Å². The van der Waals surface area contributed by atoms with Gasteiger partial charge in [0.2, 0.25) is 17.6 Å². The van der Waals surface area contributed by atoms with Gasteiger partial charge in [0.1, 0.15) is 0 Å². The van der Waals surface area contributed by atoms with Crippen LogP contribution in [0.4, 0.5) is 0 Å². The van der Waals surface area contributed by atoms with Crippen LogP contribution in [-0.4, -0.2) is 47.3 Å². The summed E-state index contributed by atoms with van der Waals surface area (Å²) < 4.78 is 10.7. The largest absolute Gasteiger partial charge is 0.381 e. The van der Waals surface area contributed by atoms with Crippen LogP contribution in [0, 0.1) is 5.92 Å². The average Bonchev–Trinajstić information content (AvgIpc) is 3.32. The van der Waals surface area contributed by atoms with Crippen LogP contribution in [0.25, 0.3) is 11.4 Å². The van der Waals surface area contributed by atoms with Crippen molar-refractivity contribution in [2.24, 2.45) is 5.92 Å². The van der Waals surface area contributed by atoms with Crippen molar-refractivity contribution in [3.63, 3.8) is 0 Å². The summed E-state index contributed by atoms with van der Waals surface area (Å²) in [4.78, 5) is 18.7. The zero-order chi connectivity index (χ0) is 17.5. The second-order valence-corrected chi connectivity index (χ2v) is 6.39. The van der Waals surface area contributed by atoms with Crippen molar-refractivity contribution >= 4 is 5.91 Å². The van der Waals surface area contributed by atoms with Gasteiger partial charge in [-0.3, -0.25) is 4.79 Å². The topological polar surface area (TPSA) is 68.5 Å². The quantitative estimate of drug-likeness (QED) is 0.737. The first-order valence-electron chi connectivity index (χ1n) is 8.99. The first-order valence-corrected chi connectivity index (χ1v) is 8.99. The number of amides is 1. The minimum atomic E-state index is 0.192. The maximum absolute atomic E-state index is 12.4. The van der Waals surface area contributed by atoms with Crippen LogP contribution in [-0.2, 0) is 16.0 Å². The van der Waals surface area contributed by atoms with Crippen molar-refractivity contribution in [1.82, 2.24) is 15.0 Å². The number of ether oxygens (including phenoxy) is 1. The predicted octanol–water partition coefficient (Wildman–Crippen LogP) is 2.94. The van der Waals surface area contributed by atoms with Crippen LogP contribution in [0.1, 0.15) is 32.1 Å². The van der Waals surface area contributed by atoms with Gasteiger partial charge in [0.15, 0.2) is 0 Å². The Kier molecular flexibility index (Phi) is 6.17. The zero-order valence-corrected chi connectivity index (χ0v) is 14.7. The minimum absolute atomic E-state index is 0.192. The van der Waals surface area contributed by atoms with Gasteiger partial charge in [0, 0.05) is 44.0 Å². The molecule has 2 aromatic rings. The number of rotatable bonds is 8. The Balaban J connectivity index is 1.45. The number of hydrogen-bond acceptors (Lipinski definition) is 5. The lowest BCUT2D eigenvalue weighted by Gasteiger charge is -2.23. The predicted molar refractivity (Wildman–Crippen MR) is 93.9 cm³/mol. The molecular formula is C19H25N3O3. The second-order valence-electron chi connectivity index (χ2n) is 6.39. The van der Waals surface area contributed by atoms with Crippen molar-refractivity contribution in [2.45, 2.75) is 32.6 Å². The summed E-state index contributed by atoms with van der Waals surface area (Å²) >= 11 is 0. The molecule has 1 aliphatic heterocycles. The smallest absolute Gasteiger partial charge is 0.226 e. The van der Waals surface area contributed by atoms with Crippen molar-refractivity contribution in [3.8, 4) is 11.4 Å². The van der Waals surface area contributed by atoms with Crippen LogP contribution in [0.2, 0.25) is 0 Å². The van der Waals surface area contributed by atoms with Gasteiger partial charge in [-0.2, -0.15) is 4.98 Å². The molecule has 0 radical (unpaired) electrons. The van der Waals surface area contributed by atoms with Crippen LogP contribution in [0.15, 0.2) is 34.9 Å². The van der Waals surface area contributed by atoms with E-state index in [1.807, 2.05) is 42.2 Å². The lowest BCUT2D eigenvalue weighted by molar-refractivity contribution is -0.131. The molecule has 6 nitrogen and oxygen atoms in total. The molecule has 1 aliphatic rings.